The number of hydrogen-bond acceptors (Lipinski definition) is 4. The highest BCUT2D eigenvalue weighted by molar-refractivity contribution is 5.44. The monoisotopic (exact) mass is 151 g/mol. The maximum absolute atomic E-state index is 9.85. The summed E-state index contributed by atoms with van der Waals surface area (Å²) in [5.41, 5.74) is 0.615. The molecule has 0 spiro atoms. The fraction of sp³-hybridized carbons (Fsp3) is 0. The Hall–Kier alpha value is -1.78. The number of rotatable bonds is 2. The van der Waals surface area contributed by atoms with E-state index in [-0.39, 0.29) is 0 Å². The Kier molecular flexibility index (Phi) is 2.27. The number of nitro groups is 1. The molecular weight excluding hydrogens is 146 g/mol. The molecule has 0 aliphatic heterocycles. The summed E-state index contributed by atoms with van der Waals surface area (Å²) in [5.74, 6) is 0. The molecule has 0 saturated carbocycles. The predicted octanol–water partition coefficient (Wildman–Crippen LogP) is 0.724. The van der Waals surface area contributed by atoms with Crippen LogP contribution in [0.5, 0.6) is 0 Å². The van der Waals surface area contributed by atoms with Crippen LogP contribution in [-0.4, -0.2) is 14.9 Å². The summed E-state index contributed by atoms with van der Waals surface area (Å²) >= 11 is 0. The molecule has 0 N–H and O–H groups in total. The maximum Gasteiger partial charge on any atom is 0.235 e. The molecule has 0 unspecified atom stereocenters. The van der Waals surface area contributed by atoms with Gasteiger partial charge in [-0.05, 0) is 0 Å². The molecule has 1 rings (SSSR count). The highest BCUT2D eigenvalue weighted by Gasteiger charge is 1.88. The van der Waals surface area contributed by atoms with Crippen LogP contribution < -0.4 is 0 Å². The van der Waals surface area contributed by atoms with E-state index in [9.17, 15) is 10.1 Å². The van der Waals surface area contributed by atoms with E-state index in [0.717, 1.165) is 6.20 Å². The van der Waals surface area contributed by atoms with Gasteiger partial charge < -0.3 is 0 Å². The molecular formula is C6H5N3O2. The predicted molar refractivity (Wildman–Crippen MR) is 38.1 cm³/mol. The van der Waals surface area contributed by atoms with E-state index in [1.807, 2.05) is 0 Å². The van der Waals surface area contributed by atoms with Crippen LogP contribution in [0.2, 0.25) is 0 Å². The van der Waals surface area contributed by atoms with E-state index in [1.165, 1.54) is 24.8 Å². The standard InChI is InChI=1S/C6H5N3O2/c10-9(11)2-1-6-3-7-5-8-4-6/h1-5H. The zero-order valence-corrected chi connectivity index (χ0v) is 5.54. The highest BCUT2D eigenvalue weighted by atomic mass is 16.6. The van der Waals surface area contributed by atoms with Crippen LogP contribution in [0.4, 0.5) is 0 Å². The van der Waals surface area contributed by atoms with Gasteiger partial charge in [-0.15, -0.1) is 0 Å². The van der Waals surface area contributed by atoms with Crippen molar-refractivity contribution in [2.24, 2.45) is 0 Å². The van der Waals surface area contributed by atoms with Gasteiger partial charge in [-0.2, -0.15) is 0 Å². The van der Waals surface area contributed by atoms with Gasteiger partial charge in [0.05, 0.1) is 4.92 Å². The second kappa shape index (κ2) is 3.40. The Morgan fingerprint density at radius 1 is 1.45 bits per heavy atom. The lowest BCUT2D eigenvalue weighted by atomic mass is 10.3. The van der Waals surface area contributed by atoms with Crippen molar-refractivity contribution < 1.29 is 4.92 Å². The molecule has 0 atom stereocenters. The quantitative estimate of drug-likeness (QED) is 0.461. The van der Waals surface area contributed by atoms with Gasteiger partial charge in [0.2, 0.25) is 6.20 Å². The van der Waals surface area contributed by atoms with Gasteiger partial charge in [0.25, 0.3) is 0 Å². The minimum Gasteiger partial charge on any atom is -0.259 e. The molecule has 0 bridgehead atoms. The summed E-state index contributed by atoms with van der Waals surface area (Å²) in [6, 6.07) is 0. The maximum atomic E-state index is 9.85. The van der Waals surface area contributed by atoms with E-state index in [4.69, 9.17) is 0 Å². The fourth-order valence-corrected chi connectivity index (χ4v) is 0.544. The molecule has 1 aromatic heterocycles. The van der Waals surface area contributed by atoms with Crippen molar-refractivity contribution in [1.82, 2.24) is 9.97 Å². The minimum absolute atomic E-state index is 0.535. The van der Waals surface area contributed by atoms with Gasteiger partial charge in [0, 0.05) is 24.0 Å². The topological polar surface area (TPSA) is 68.9 Å². The second-order valence-electron chi connectivity index (χ2n) is 1.77. The average Bonchev–Trinajstić information content (AvgIpc) is 2.03. The average molecular weight is 151 g/mol. The van der Waals surface area contributed by atoms with Crippen molar-refractivity contribution >= 4 is 6.08 Å². The van der Waals surface area contributed by atoms with Crippen LogP contribution in [0.3, 0.4) is 0 Å². The Bertz CT molecular complexity index is 270. The summed E-state index contributed by atoms with van der Waals surface area (Å²) in [6.45, 7) is 0. The van der Waals surface area contributed by atoms with E-state index in [1.54, 1.807) is 0 Å². The van der Waals surface area contributed by atoms with Crippen molar-refractivity contribution in [3.63, 3.8) is 0 Å². The van der Waals surface area contributed by atoms with Crippen molar-refractivity contribution in [1.29, 1.82) is 0 Å². The molecule has 11 heavy (non-hydrogen) atoms. The van der Waals surface area contributed by atoms with Gasteiger partial charge in [0.15, 0.2) is 0 Å². The number of nitrogens with zero attached hydrogens (tertiary/aromatic N) is 3. The summed E-state index contributed by atoms with van der Waals surface area (Å²) in [7, 11) is 0. The third-order valence-corrected chi connectivity index (χ3v) is 0.969. The third-order valence-electron chi connectivity index (χ3n) is 0.969. The van der Waals surface area contributed by atoms with Crippen molar-refractivity contribution in [3.05, 3.63) is 40.6 Å². The minimum atomic E-state index is -0.535. The van der Waals surface area contributed by atoms with Gasteiger partial charge in [0.1, 0.15) is 6.33 Å². The second-order valence-corrected chi connectivity index (χ2v) is 1.77. The molecule has 5 nitrogen and oxygen atoms in total. The van der Waals surface area contributed by atoms with E-state index in [2.05, 4.69) is 9.97 Å². The molecule has 1 aromatic rings. The molecule has 0 aromatic carbocycles. The number of aromatic nitrogens is 2. The van der Waals surface area contributed by atoms with Gasteiger partial charge in [-0.3, -0.25) is 10.1 Å². The SMILES string of the molecule is O=[N+]([O-])C=Cc1cncnc1. The molecule has 0 amide bonds. The Morgan fingerprint density at radius 3 is 2.64 bits per heavy atom. The summed E-state index contributed by atoms with van der Waals surface area (Å²) < 4.78 is 0. The van der Waals surface area contributed by atoms with Crippen LogP contribution in [0, 0.1) is 10.1 Å². The van der Waals surface area contributed by atoms with Crippen molar-refractivity contribution in [2.45, 2.75) is 0 Å². The van der Waals surface area contributed by atoms with Crippen LogP contribution in [0.1, 0.15) is 5.56 Å². The molecule has 0 fully saturated rings. The van der Waals surface area contributed by atoms with Crippen LogP contribution in [0.15, 0.2) is 24.9 Å². The lowest BCUT2D eigenvalue weighted by molar-refractivity contribution is -0.400. The fourth-order valence-electron chi connectivity index (χ4n) is 0.544. The first-order valence-corrected chi connectivity index (χ1v) is 2.86. The summed E-state index contributed by atoms with van der Waals surface area (Å²) in [6.07, 6.45) is 6.53. The molecule has 1 heterocycles. The third kappa shape index (κ3) is 2.53. The lowest BCUT2D eigenvalue weighted by Gasteiger charge is -1.85. The summed E-state index contributed by atoms with van der Waals surface area (Å²) in [4.78, 5) is 16.7. The van der Waals surface area contributed by atoms with E-state index >= 15 is 0 Å². The molecule has 56 valence electrons. The Labute approximate surface area is 62.6 Å². The largest absolute Gasteiger partial charge is 0.259 e. The molecule has 0 saturated heterocycles. The molecule has 0 radical (unpaired) electrons. The van der Waals surface area contributed by atoms with Crippen molar-refractivity contribution in [2.75, 3.05) is 0 Å². The first-order chi connectivity index (χ1) is 5.29. The lowest BCUT2D eigenvalue weighted by Crippen LogP contribution is -1.83. The van der Waals surface area contributed by atoms with Gasteiger partial charge >= 0.3 is 0 Å². The van der Waals surface area contributed by atoms with Gasteiger partial charge in [-0.1, -0.05) is 0 Å². The van der Waals surface area contributed by atoms with E-state index in [0.29, 0.717) is 5.56 Å². The zero-order valence-electron chi connectivity index (χ0n) is 5.54. The van der Waals surface area contributed by atoms with Gasteiger partial charge in [-0.25, -0.2) is 9.97 Å². The van der Waals surface area contributed by atoms with E-state index < -0.39 is 4.92 Å². The smallest absolute Gasteiger partial charge is 0.235 e. The molecule has 5 heteroatoms. The zero-order chi connectivity index (χ0) is 8.10. The summed E-state index contributed by atoms with van der Waals surface area (Å²) in [5, 5.41) is 9.85. The number of hydrogen-bond donors (Lipinski definition) is 0. The normalized spacial score (nSPS) is 10.2. The van der Waals surface area contributed by atoms with Crippen molar-refractivity contribution in [3.8, 4) is 0 Å². The highest BCUT2D eigenvalue weighted by Crippen LogP contribution is 1.95. The van der Waals surface area contributed by atoms with Crippen LogP contribution in [-0.2, 0) is 0 Å². The van der Waals surface area contributed by atoms with Crippen LogP contribution >= 0.6 is 0 Å². The first-order valence-electron chi connectivity index (χ1n) is 2.86. The Balaban J connectivity index is 2.72. The first kappa shape index (κ1) is 7.33. The molecule has 0 aliphatic carbocycles. The molecule has 0 aliphatic rings. The van der Waals surface area contributed by atoms with Crippen LogP contribution in [0.25, 0.3) is 6.08 Å². The Morgan fingerprint density at radius 2 is 2.09 bits per heavy atom.